The molecule has 0 spiro atoms. The van der Waals surface area contributed by atoms with Crippen molar-refractivity contribution >= 4 is 0 Å². The van der Waals surface area contributed by atoms with Crippen LogP contribution in [-0.2, 0) is 13.0 Å². The molecule has 110 valence electrons. The van der Waals surface area contributed by atoms with Crippen molar-refractivity contribution in [3.8, 4) is 0 Å². The first-order chi connectivity index (χ1) is 8.90. The van der Waals surface area contributed by atoms with Crippen molar-refractivity contribution in [2.24, 2.45) is 11.3 Å². The predicted molar refractivity (Wildman–Crippen MR) is 82.4 cm³/mol. The van der Waals surface area contributed by atoms with Gasteiger partial charge in [0.2, 0.25) is 0 Å². The van der Waals surface area contributed by atoms with Crippen LogP contribution in [0, 0.1) is 18.3 Å². The van der Waals surface area contributed by atoms with Gasteiger partial charge >= 0.3 is 0 Å². The molecule has 1 aromatic heterocycles. The van der Waals surface area contributed by atoms with Gasteiger partial charge in [-0.2, -0.15) is 5.10 Å². The van der Waals surface area contributed by atoms with Gasteiger partial charge in [0.15, 0.2) is 0 Å². The van der Waals surface area contributed by atoms with Gasteiger partial charge in [0.1, 0.15) is 0 Å². The smallest absolute Gasteiger partial charge is 0.0596 e. The second-order valence-electron chi connectivity index (χ2n) is 6.46. The van der Waals surface area contributed by atoms with Crippen LogP contribution in [0.4, 0.5) is 0 Å². The van der Waals surface area contributed by atoms with Crippen molar-refractivity contribution in [3.63, 3.8) is 0 Å². The lowest BCUT2D eigenvalue weighted by Crippen LogP contribution is -2.35. The van der Waals surface area contributed by atoms with E-state index in [-0.39, 0.29) is 0 Å². The Hall–Kier alpha value is -0.830. The summed E-state index contributed by atoms with van der Waals surface area (Å²) in [5, 5.41) is 8.16. The number of nitrogens with zero attached hydrogens (tertiary/aromatic N) is 2. The lowest BCUT2D eigenvalue weighted by Gasteiger charge is -2.29. The summed E-state index contributed by atoms with van der Waals surface area (Å²) in [6.45, 7) is 16.6. The Bertz CT molecular complexity index is 381. The van der Waals surface area contributed by atoms with Crippen LogP contribution >= 0.6 is 0 Å². The van der Waals surface area contributed by atoms with Crippen molar-refractivity contribution < 1.29 is 0 Å². The summed E-state index contributed by atoms with van der Waals surface area (Å²) >= 11 is 0. The molecule has 1 N–H and O–H groups in total. The van der Waals surface area contributed by atoms with Crippen molar-refractivity contribution in [2.75, 3.05) is 13.1 Å². The minimum atomic E-state index is 0.314. The summed E-state index contributed by atoms with van der Waals surface area (Å²) < 4.78 is 2.14. The number of aryl methyl sites for hydroxylation is 2. The molecule has 1 unspecified atom stereocenters. The number of hydrogen-bond donors (Lipinski definition) is 1. The number of nitrogens with one attached hydrogen (secondary N) is 1. The maximum atomic E-state index is 4.55. The predicted octanol–water partition coefficient (Wildman–Crippen LogP) is 3.42. The molecule has 0 aliphatic rings. The summed E-state index contributed by atoms with van der Waals surface area (Å²) in [7, 11) is 0. The van der Waals surface area contributed by atoms with E-state index in [4.69, 9.17) is 0 Å². The molecule has 0 amide bonds. The first kappa shape index (κ1) is 16.2. The Morgan fingerprint density at radius 2 is 2.05 bits per heavy atom. The average molecular weight is 265 g/mol. The molecule has 0 bridgehead atoms. The molecule has 3 nitrogen and oxygen atoms in total. The highest BCUT2D eigenvalue weighted by Gasteiger charge is 2.24. The van der Waals surface area contributed by atoms with Crippen LogP contribution < -0.4 is 5.32 Å². The van der Waals surface area contributed by atoms with E-state index in [9.17, 15) is 0 Å². The van der Waals surface area contributed by atoms with Crippen LogP contribution in [-0.4, -0.2) is 22.9 Å². The molecule has 1 heterocycles. The molecule has 0 radical (unpaired) electrons. The largest absolute Gasteiger partial charge is 0.316 e. The van der Waals surface area contributed by atoms with Crippen LogP contribution in [0.5, 0.6) is 0 Å². The van der Waals surface area contributed by atoms with Crippen LogP contribution in [0.15, 0.2) is 6.07 Å². The molecule has 0 saturated carbocycles. The Morgan fingerprint density at radius 3 is 2.58 bits per heavy atom. The van der Waals surface area contributed by atoms with Gasteiger partial charge in [0, 0.05) is 18.8 Å². The molecular formula is C16H31N3. The fourth-order valence-corrected chi connectivity index (χ4v) is 2.43. The molecule has 1 atom stereocenters. The van der Waals surface area contributed by atoms with Crippen LogP contribution in [0.1, 0.15) is 52.4 Å². The third kappa shape index (κ3) is 4.98. The van der Waals surface area contributed by atoms with Crippen LogP contribution in [0.3, 0.4) is 0 Å². The van der Waals surface area contributed by atoms with Crippen molar-refractivity contribution in [1.29, 1.82) is 0 Å². The standard InChI is InChI=1S/C16H31N3/c1-7-16(6,12-17-11-13(3)4)10-15-9-14(5)18-19(15)8-2/h9,13,17H,7-8,10-12H2,1-6H3. The third-order valence-corrected chi connectivity index (χ3v) is 3.85. The van der Waals surface area contributed by atoms with Crippen molar-refractivity contribution in [3.05, 3.63) is 17.5 Å². The fraction of sp³-hybridized carbons (Fsp3) is 0.812. The molecule has 3 heteroatoms. The molecule has 0 aliphatic heterocycles. The van der Waals surface area contributed by atoms with Gasteiger partial charge in [-0.1, -0.05) is 27.7 Å². The minimum Gasteiger partial charge on any atom is -0.316 e. The van der Waals surface area contributed by atoms with Crippen molar-refractivity contribution in [1.82, 2.24) is 15.1 Å². The van der Waals surface area contributed by atoms with E-state index < -0.39 is 0 Å². The average Bonchev–Trinajstić information content (AvgIpc) is 2.68. The first-order valence-corrected chi connectivity index (χ1v) is 7.64. The normalized spacial score (nSPS) is 14.9. The number of aromatic nitrogens is 2. The summed E-state index contributed by atoms with van der Waals surface area (Å²) in [6.07, 6.45) is 2.29. The highest BCUT2D eigenvalue weighted by atomic mass is 15.3. The zero-order valence-electron chi connectivity index (χ0n) is 13.6. The van der Waals surface area contributed by atoms with E-state index in [2.05, 4.69) is 62.7 Å². The maximum Gasteiger partial charge on any atom is 0.0596 e. The van der Waals surface area contributed by atoms with Gasteiger partial charge < -0.3 is 5.32 Å². The zero-order valence-corrected chi connectivity index (χ0v) is 13.6. The highest BCUT2D eigenvalue weighted by molar-refractivity contribution is 5.11. The van der Waals surface area contributed by atoms with Gasteiger partial charge in [-0.3, -0.25) is 4.68 Å². The van der Waals surface area contributed by atoms with Gasteiger partial charge in [-0.15, -0.1) is 0 Å². The topological polar surface area (TPSA) is 29.9 Å². The summed E-state index contributed by atoms with van der Waals surface area (Å²) in [6, 6.07) is 2.24. The Morgan fingerprint density at radius 1 is 1.37 bits per heavy atom. The van der Waals surface area contributed by atoms with E-state index in [1.54, 1.807) is 0 Å². The Balaban J connectivity index is 2.68. The molecule has 0 saturated heterocycles. The fourth-order valence-electron chi connectivity index (χ4n) is 2.43. The van der Waals surface area contributed by atoms with E-state index in [1.807, 2.05) is 0 Å². The van der Waals surface area contributed by atoms with Gasteiger partial charge in [-0.25, -0.2) is 0 Å². The van der Waals surface area contributed by atoms with E-state index in [0.29, 0.717) is 11.3 Å². The van der Waals surface area contributed by atoms with Gasteiger partial charge in [-0.05, 0) is 50.6 Å². The van der Waals surface area contributed by atoms with Gasteiger partial charge in [0.05, 0.1) is 5.69 Å². The molecule has 0 aromatic carbocycles. The second kappa shape index (κ2) is 7.09. The molecule has 0 fully saturated rings. The van der Waals surface area contributed by atoms with E-state index in [1.165, 1.54) is 12.1 Å². The molecular weight excluding hydrogens is 234 g/mol. The molecule has 1 rings (SSSR count). The summed E-state index contributed by atoms with van der Waals surface area (Å²) in [4.78, 5) is 0. The quantitative estimate of drug-likeness (QED) is 0.780. The second-order valence-corrected chi connectivity index (χ2v) is 6.46. The van der Waals surface area contributed by atoms with E-state index in [0.717, 1.165) is 31.7 Å². The van der Waals surface area contributed by atoms with Crippen molar-refractivity contribution in [2.45, 2.75) is 60.9 Å². The number of hydrogen-bond acceptors (Lipinski definition) is 2. The summed E-state index contributed by atoms with van der Waals surface area (Å²) in [5.41, 5.74) is 2.81. The lowest BCUT2D eigenvalue weighted by molar-refractivity contribution is 0.278. The van der Waals surface area contributed by atoms with Crippen LogP contribution in [0.2, 0.25) is 0 Å². The van der Waals surface area contributed by atoms with Gasteiger partial charge in [0.25, 0.3) is 0 Å². The third-order valence-electron chi connectivity index (χ3n) is 3.85. The highest BCUT2D eigenvalue weighted by Crippen LogP contribution is 2.26. The number of rotatable bonds is 8. The zero-order chi connectivity index (χ0) is 14.5. The maximum absolute atomic E-state index is 4.55. The summed E-state index contributed by atoms with van der Waals surface area (Å²) in [5.74, 6) is 0.713. The SMILES string of the molecule is CCn1nc(C)cc1CC(C)(CC)CNCC(C)C. The Labute approximate surface area is 118 Å². The van der Waals surface area contributed by atoms with Crippen LogP contribution in [0.25, 0.3) is 0 Å². The lowest BCUT2D eigenvalue weighted by atomic mass is 9.82. The molecule has 0 aliphatic carbocycles. The first-order valence-electron chi connectivity index (χ1n) is 7.64. The van der Waals surface area contributed by atoms with E-state index >= 15 is 0 Å². The molecule has 1 aromatic rings. The minimum absolute atomic E-state index is 0.314. The monoisotopic (exact) mass is 265 g/mol. The molecule has 19 heavy (non-hydrogen) atoms. The Kier molecular flexibility index (Phi) is 6.05.